The number of nitrogens with one attached hydrogen (secondary N) is 3. The van der Waals surface area contributed by atoms with Gasteiger partial charge in [0.1, 0.15) is 5.82 Å². The Balaban J connectivity index is 1.27. The molecule has 34 heavy (non-hydrogen) atoms. The molecule has 4 aliphatic carbocycles. The number of carbonyl (C=O) groups is 2. The lowest BCUT2D eigenvalue weighted by atomic mass is 9.52. The minimum atomic E-state index is -0.720. The standard InChI is InChI=1S/C24H28N6O4/c31-22(27-15-2-4-34-11-15)23(32)28-21-17-10-26-20-16(1-3-25-20)19(17)30(29-21)18-13-5-12-6-14(18)9-24(33,7-12)8-13/h1,3,10,12-15,18,29,33H,2,4-9,11H2,(H,27,31)(H,28,32)/t12?,13-,14+,15-,18?,24?/m1/s1. The summed E-state index contributed by atoms with van der Waals surface area (Å²) >= 11 is 0. The summed E-state index contributed by atoms with van der Waals surface area (Å²) in [4.78, 5) is 34.1. The van der Waals surface area contributed by atoms with Gasteiger partial charge in [0.2, 0.25) is 0 Å². The summed E-state index contributed by atoms with van der Waals surface area (Å²) in [5.41, 5.74) is 1.06. The number of carbonyl (C=O) groups excluding carboxylic acids is 2. The Labute approximate surface area is 195 Å². The number of pyridine rings is 1. The van der Waals surface area contributed by atoms with Crippen molar-refractivity contribution in [2.24, 2.45) is 17.8 Å². The molecular weight excluding hydrogens is 436 g/mol. The van der Waals surface area contributed by atoms with Crippen LogP contribution in [0, 0.1) is 17.8 Å². The fourth-order valence-electron chi connectivity index (χ4n) is 7.39. The van der Waals surface area contributed by atoms with E-state index >= 15 is 0 Å². The van der Waals surface area contributed by atoms with Crippen molar-refractivity contribution < 1.29 is 19.4 Å². The first-order chi connectivity index (χ1) is 16.5. The maximum absolute atomic E-state index is 12.8. The molecule has 3 unspecified atom stereocenters. The largest absolute Gasteiger partial charge is 0.390 e. The first-order valence-corrected chi connectivity index (χ1v) is 12.2. The Morgan fingerprint density at radius 2 is 1.97 bits per heavy atom. The van der Waals surface area contributed by atoms with Crippen molar-refractivity contribution in [2.75, 3.05) is 18.5 Å². The molecule has 10 nitrogen and oxygen atoms in total. The zero-order valence-electron chi connectivity index (χ0n) is 18.8. The molecule has 0 aromatic carbocycles. The van der Waals surface area contributed by atoms with Gasteiger partial charge in [0.15, 0.2) is 5.65 Å². The van der Waals surface area contributed by atoms with E-state index in [1.165, 1.54) is 0 Å². The Morgan fingerprint density at radius 3 is 2.71 bits per heavy atom. The number of hydrogen-bond donors (Lipinski definition) is 4. The smallest absolute Gasteiger partial charge is 0.314 e. The molecule has 5 fully saturated rings. The zero-order valence-corrected chi connectivity index (χ0v) is 18.8. The quantitative estimate of drug-likeness (QED) is 0.437. The number of anilines is 1. The summed E-state index contributed by atoms with van der Waals surface area (Å²) in [6, 6.07) is 1.99. The van der Waals surface area contributed by atoms with Crippen molar-refractivity contribution in [3.8, 4) is 0 Å². The third-order valence-corrected chi connectivity index (χ3v) is 8.45. The molecule has 3 aromatic heterocycles. The first-order valence-electron chi connectivity index (χ1n) is 12.2. The lowest BCUT2D eigenvalue weighted by Crippen LogP contribution is -2.55. The molecule has 8 rings (SSSR count). The monoisotopic (exact) mass is 464 g/mol. The van der Waals surface area contributed by atoms with Crippen LogP contribution in [-0.4, -0.2) is 61.5 Å². The van der Waals surface area contributed by atoms with Crippen molar-refractivity contribution >= 4 is 39.6 Å². The number of amides is 2. The highest BCUT2D eigenvalue weighted by Crippen LogP contribution is 2.60. The highest BCUT2D eigenvalue weighted by atomic mass is 16.5. The minimum Gasteiger partial charge on any atom is -0.390 e. The average Bonchev–Trinajstić information content (AvgIpc) is 3.52. The highest BCUT2D eigenvalue weighted by Gasteiger charge is 2.55. The second kappa shape index (κ2) is 7.26. The maximum atomic E-state index is 12.8. The lowest BCUT2D eigenvalue weighted by Gasteiger charge is -2.58. The van der Waals surface area contributed by atoms with Crippen LogP contribution in [-0.2, 0) is 14.3 Å². The van der Waals surface area contributed by atoms with E-state index in [2.05, 4.69) is 30.4 Å². The van der Waals surface area contributed by atoms with Crippen molar-refractivity contribution in [3.05, 3.63) is 18.5 Å². The van der Waals surface area contributed by atoms with Crippen molar-refractivity contribution in [1.29, 1.82) is 0 Å². The van der Waals surface area contributed by atoms with Gasteiger partial charge in [-0.25, -0.2) is 9.97 Å². The third-order valence-electron chi connectivity index (χ3n) is 8.45. The molecule has 4 N–H and O–H groups in total. The van der Waals surface area contributed by atoms with E-state index in [0.29, 0.717) is 48.9 Å². The maximum Gasteiger partial charge on any atom is 0.314 e. The SMILES string of the molecule is O=C(Nc1[nH]n(C2[C@@H]3CC4C[C@H]2CC(O)(C4)C3)c2c1cnc1nccc12)C(=O)N[C@@H]1CCOC1. The van der Waals surface area contributed by atoms with E-state index in [0.717, 1.165) is 48.4 Å². The van der Waals surface area contributed by atoms with E-state index in [-0.39, 0.29) is 12.1 Å². The van der Waals surface area contributed by atoms with E-state index in [4.69, 9.17) is 4.74 Å². The van der Waals surface area contributed by atoms with Gasteiger partial charge in [0.25, 0.3) is 0 Å². The van der Waals surface area contributed by atoms with Crippen LogP contribution in [0.4, 0.5) is 5.82 Å². The Morgan fingerprint density at radius 1 is 1.15 bits per heavy atom. The molecule has 4 bridgehead atoms. The normalized spacial score (nSPS) is 34.2. The number of aromatic nitrogens is 4. The van der Waals surface area contributed by atoms with Crippen LogP contribution in [0.15, 0.2) is 18.5 Å². The zero-order chi connectivity index (χ0) is 23.0. The molecule has 5 aliphatic rings. The molecule has 6 atom stereocenters. The number of nitrogens with zero attached hydrogens (tertiary/aromatic N) is 3. The fourth-order valence-corrected chi connectivity index (χ4v) is 7.39. The predicted octanol–water partition coefficient (Wildman–Crippen LogP) is 1.87. The van der Waals surface area contributed by atoms with Gasteiger partial charge in [0.05, 0.1) is 35.2 Å². The summed E-state index contributed by atoms with van der Waals surface area (Å²) in [6.07, 6.45) is 8.90. The summed E-state index contributed by atoms with van der Waals surface area (Å²) < 4.78 is 7.45. The second-order valence-electron chi connectivity index (χ2n) is 10.7. The molecule has 1 aliphatic heterocycles. The van der Waals surface area contributed by atoms with E-state index in [9.17, 15) is 14.7 Å². The Bertz CT molecular complexity index is 1290. The van der Waals surface area contributed by atoms with Crippen molar-refractivity contribution in [2.45, 2.75) is 56.2 Å². The number of H-pyrrole nitrogens is 1. The van der Waals surface area contributed by atoms with E-state index in [1.54, 1.807) is 12.4 Å². The summed E-state index contributed by atoms with van der Waals surface area (Å²) in [5.74, 6) is 0.381. The molecule has 10 heteroatoms. The molecular formula is C24H28N6O4. The number of fused-ring (bicyclic) bond motifs is 3. The minimum absolute atomic E-state index is 0.140. The highest BCUT2D eigenvalue weighted by molar-refractivity contribution is 6.40. The predicted molar refractivity (Wildman–Crippen MR) is 123 cm³/mol. The summed E-state index contributed by atoms with van der Waals surface area (Å²) in [5, 5.41) is 21.7. The van der Waals surface area contributed by atoms with Gasteiger partial charge in [-0.1, -0.05) is 0 Å². The number of aromatic amines is 1. The van der Waals surface area contributed by atoms with Crippen LogP contribution in [0.5, 0.6) is 0 Å². The van der Waals surface area contributed by atoms with Gasteiger partial charge in [-0.05, 0) is 62.3 Å². The van der Waals surface area contributed by atoms with Crippen molar-refractivity contribution in [3.63, 3.8) is 0 Å². The van der Waals surface area contributed by atoms with Crippen LogP contribution >= 0.6 is 0 Å². The second-order valence-corrected chi connectivity index (χ2v) is 10.7. The van der Waals surface area contributed by atoms with Crippen LogP contribution in [0.2, 0.25) is 0 Å². The molecule has 2 amide bonds. The molecule has 178 valence electrons. The number of rotatable bonds is 3. The third kappa shape index (κ3) is 3.08. The Hall–Kier alpha value is -2.98. The van der Waals surface area contributed by atoms with E-state index in [1.807, 2.05) is 6.07 Å². The van der Waals surface area contributed by atoms with Crippen LogP contribution in [0.3, 0.4) is 0 Å². The van der Waals surface area contributed by atoms with Gasteiger partial charge in [-0.3, -0.25) is 19.4 Å². The van der Waals surface area contributed by atoms with Crippen molar-refractivity contribution in [1.82, 2.24) is 25.1 Å². The van der Waals surface area contributed by atoms with Crippen LogP contribution in [0.25, 0.3) is 21.9 Å². The summed E-state index contributed by atoms with van der Waals surface area (Å²) in [6.45, 7) is 1.01. The molecule has 0 spiro atoms. The topological polar surface area (TPSA) is 134 Å². The summed E-state index contributed by atoms with van der Waals surface area (Å²) in [7, 11) is 0. The molecule has 1 saturated heterocycles. The van der Waals surface area contributed by atoms with Gasteiger partial charge >= 0.3 is 11.8 Å². The molecule has 0 radical (unpaired) electrons. The van der Waals surface area contributed by atoms with Gasteiger partial charge in [-0.15, -0.1) is 0 Å². The fraction of sp³-hybridized carbons (Fsp3) is 0.583. The lowest BCUT2D eigenvalue weighted by molar-refractivity contribution is -0.148. The van der Waals surface area contributed by atoms with Gasteiger partial charge in [-0.2, -0.15) is 0 Å². The van der Waals surface area contributed by atoms with Crippen LogP contribution < -0.4 is 10.6 Å². The number of hydrogen-bond acceptors (Lipinski definition) is 6. The van der Waals surface area contributed by atoms with Gasteiger partial charge in [0, 0.05) is 24.4 Å². The number of ether oxygens (including phenoxy) is 1. The molecule has 3 aromatic rings. The van der Waals surface area contributed by atoms with Gasteiger partial charge < -0.3 is 20.5 Å². The molecule has 4 heterocycles. The molecule has 4 saturated carbocycles. The Kier molecular flexibility index (Phi) is 4.35. The first kappa shape index (κ1) is 20.4. The number of aliphatic hydroxyl groups is 1. The average molecular weight is 465 g/mol. The van der Waals surface area contributed by atoms with Crippen LogP contribution in [0.1, 0.15) is 44.6 Å². The van der Waals surface area contributed by atoms with E-state index < -0.39 is 17.4 Å².